The Bertz CT molecular complexity index is 1150. The van der Waals surface area contributed by atoms with Crippen LogP contribution < -0.4 is 14.8 Å². The summed E-state index contributed by atoms with van der Waals surface area (Å²) >= 11 is 3.39. The minimum atomic E-state index is -0.0989. The van der Waals surface area contributed by atoms with Crippen molar-refractivity contribution in [1.82, 2.24) is 0 Å². The van der Waals surface area contributed by atoms with Crippen LogP contribution in [0.5, 0.6) is 11.5 Å². The van der Waals surface area contributed by atoms with Gasteiger partial charge < -0.3 is 19.2 Å². The van der Waals surface area contributed by atoms with Gasteiger partial charge in [-0.05, 0) is 42.8 Å². The van der Waals surface area contributed by atoms with Crippen molar-refractivity contribution in [3.8, 4) is 11.5 Å². The van der Waals surface area contributed by atoms with Crippen LogP contribution in [-0.4, -0.2) is 19.6 Å². The average molecular weight is 454 g/mol. The Hall–Kier alpha value is -2.99. The van der Waals surface area contributed by atoms with Gasteiger partial charge in [-0.3, -0.25) is 4.79 Å². The monoisotopic (exact) mass is 453 g/mol. The minimum absolute atomic E-state index is 0.0989. The normalized spacial score (nSPS) is 11.0. The Morgan fingerprint density at radius 2 is 1.83 bits per heavy atom. The Kier molecular flexibility index (Phi) is 5.71. The molecule has 6 heteroatoms. The van der Waals surface area contributed by atoms with Crippen LogP contribution in [0.2, 0.25) is 0 Å². The van der Waals surface area contributed by atoms with Gasteiger partial charge in [0, 0.05) is 27.7 Å². The molecular weight excluding hydrogens is 434 g/mol. The van der Waals surface area contributed by atoms with Crippen molar-refractivity contribution in [3.05, 3.63) is 65.1 Å². The number of amides is 1. The molecule has 0 spiro atoms. The maximum absolute atomic E-state index is 12.4. The highest BCUT2D eigenvalue weighted by Crippen LogP contribution is 2.36. The predicted molar refractivity (Wildman–Crippen MR) is 118 cm³/mol. The van der Waals surface area contributed by atoms with Gasteiger partial charge in [-0.1, -0.05) is 34.1 Å². The number of methoxy groups -OCH3 is 1. The van der Waals surface area contributed by atoms with Crippen LogP contribution in [0.25, 0.3) is 21.9 Å². The first-order valence-corrected chi connectivity index (χ1v) is 10.1. The van der Waals surface area contributed by atoms with Gasteiger partial charge >= 0.3 is 0 Å². The highest BCUT2D eigenvalue weighted by atomic mass is 79.9. The van der Waals surface area contributed by atoms with Crippen LogP contribution in [0, 0.1) is 0 Å². The lowest BCUT2D eigenvalue weighted by Gasteiger charge is -2.11. The number of benzene rings is 3. The van der Waals surface area contributed by atoms with Crippen molar-refractivity contribution < 1.29 is 18.7 Å². The second-order valence-electron chi connectivity index (χ2n) is 6.60. The lowest BCUT2D eigenvalue weighted by atomic mass is 10.1. The molecule has 0 radical (unpaired) electrons. The van der Waals surface area contributed by atoms with Gasteiger partial charge in [0.05, 0.1) is 19.4 Å². The number of halogens is 1. The fourth-order valence-electron chi connectivity index (χ4n) is 3.18. The number of nitrogens with one attached hydrogen (secondary N) is 1. The van der Waals surface area contributed by atoms with Crippen LogP contribution in [0.3, 0.4) is 0 Å². The van der Waals surface area contributed by atoms with Gasteiger partial charge in [-0.2, -0.15) is 0 Å². The second-order valence-corrected chi connectivity index (χ2v) is 7.52. The van der Waals surface area contributed by atoms with Crippen LogP contribution in [0.4, 0.5) is 5.69 Å². The van der Waals surface area contributed by atoms with E-state index in [1.54, 1.807) is 7.11 Å². The highest BCUT2D eigenvalue weighted by Gasteiger charge is 2.14. The summed E-state index contributed by atoms with van der Waals surface area (Å²) in [6.07, 6.45) is 0.953. The van der Waals surface area contributed by atoms with Gasteiger partial charge in [0.15, 0.2) is 0 Å². The largest absolute Gasteiger partial charge is 0.495 e. The summed E-state index contributed by atoms with van der Waals surface area (Å²) in [4.78, 5) is 12.4. The van der Waals surface area contributed by atoms with Crippen LogP contribution in [0.1, 0.15) is 12.8 Å². The third-order valence-electron chi connectivity index (χ3n) is 4.60. The number of ether oxygens (including phenoxy) is 2. The van der Waals surface area contributed by atoms with Gasteiger partial charge in [0.2, 0.25) is 5.91 Å². The van der Waals surface area contributed by atoms with Crippen molar-refractivity contribution in [2.24, 2.45) is 0 Å². The molecule has 0 saturated heterocycles. The number of para-hydroxylation sites is 1. The SMILES string of the molecule is COc1cc2c(cc1NC(=O)CCCOc1ccc(Br)cc1)oc1ccccc12. The Morgan fingerprint density at radius 1 is 1.03 bits per heavy atom. The lowest BCUT2D eigenvalue weighted by molar-refractivity contribution is -0.116. The summed E-state index contributed by atoms with van der Waals surface area (Å²) in [6.45, 7) is 0.467. The minimum Gasteiger partial charge on any atom is -0.495 e. The molecule has 29 heavy (non-hydrogen) atoms. The van der Waals surface area contributed by atoms with Crippen molar-refractivity contribution in [3.63, 3.8) is 0 Å². The van der Waals surface area contributed by atoms with Gasteiger partial charge in [0.1, 0.15) is 22.7 Å². The number of hydrogen-bond acceptors (Lipinski definition) is 4. The lowest BCUT2D eigenvalue weighted by Crippen LogP contribution is -2.13. The molecular formula is C23H20BrNO4. The molecule has 0 saturated carbocycles. The Balaban J connectivity index is 1.40. The molecule has 0 aliphatic carbocycles. The standard InChI is InChI=1S/C23H20BrNO4/c1-27-22-13-18-17-5-2-3-6-20(17)29-21(18)14-19(22)25-23(26)7-4-12-28-16-10-8-15(24)9-11-16/h2-3,5-6,8-11,13-14H,4,7,12H2,1H3,(H,25,26). The average Bonchev–Trinajstić information content (AvgIpc) is 3.09. The van der Waals surface area contributed by atoms with E-state index in [2.05, 4.69) is 21.2 Å². The fourth-order valence-corrected chi connectivity index (χ4v) is 3.45. The summed E-state index contributed by atoms with van der Waals surface area (Å²) < 4.78 is 18.0. The summed E-state index contributed by atoms with van der Waals surface area (Å²) in [6, 6.07) is 19.1. The van der Waals surface area contributed by atoms with E-state index >= 15 is 0 Å². The van der Waals surface area contributed by atoms with Gasteiger partial charge in [-0.15, -0.1) is 0 Å². The zero-order valence-corrected chi connectivity index (χ0v) is 17.5. The Morgan fingerprint density at radius 3 is 2.62 bits per heavy atom. The highest BCUT2D eigenvalue weighted by molar-refractivity contribution is 9.10. The quantitative estimate of drug-likeness (QED) is 0.340. The number of rotatable bonds is 7. The topological polar surface area (TPSA) is 60.7 Å². The van der Waals surface area contributed by atoms with Crippen molar-refractivity contribution >= 4 is 49.5 Å². The first kappa shape index (κ1) is 19.3. The van der Waals surface area contributed by atoms with Crippen LogP contribution >= 0.6 is 15.9 Å². The number of furan rings is 1. The third-order valence-corrected chi connectivity index (χ3v) is 5.13. The molecule has 1 heterocycles. The molecule has 148 valence electrons. The van der Waals surface area contributed by atoms with E-state index in [0.29, 0.717) is 36.5 Å². The summed E-state index contributed by atoms with van der Waals surface area (Å²) in [5.41, 5.74) is 2.11. The molecule has 1 N–H and O–H groups in total. The first-order valence-electron chi connectivity index (χ1n) is 9.31. The van der Waals surface area contributed by atoms with E-state index in [4.69, 9.17) is 13.9 Å². The second kappa shape index (κ2) is 8.57. The molecule has 1 amide bonds. The van der Waals surface area contributed by atoms with E-state index in [-0.39, 0.29) is 5.91 Å². The molecule has 0 aliphatic heterocycles. The summed E-state index contributed by atoms with van der Waals surface area (Å²) in [7, 11) is 1.59. The number of carbonyl (C=O) groups is 1. The van der Waals surface area contributed by atoms with Crippen LogP contribution in [-0.2, 0) is 4.79 Å². The van der Waals surface area contributed by atoms with Crippen molar-refractivity contribution in [2.45, 2.75) is 12.8 Å². The number of hydrogen-bond donors (Lipinski definition) is 1. The predicted octanol–water partition coefficient (Wildman–Crippen LogP) is 6.15. The first-order chi connectivity index (χ1) is 14.1. The molecule has 3 aromatic carbocycles. The van der Waals surface area contributed by atoms with E-state index in [0.717, 1.165) is 26.6 Å². The molecule has 1 aromatic heterocycles. The third kappa shape index (κ3) is 4.38. The Labute approximate surface area is 176 Å². The summed E-state index contributed by atoms with van der Waals surface area (Å²) in [5.74, 6) is 1.28. The molecule has 0 unspecified atom stereocenters. The zero-order valence-electron chi connectivity index (χ0n) is 15.9. The van der Waals surface area contributed by atoms with Crippen molar-refractivity contribution in [1.29, 1.82) is 0 Å². The summed E-state index contributed by atoms with van der Waals surface area (Å²) in [5, 5.41) is 4.89. The molecule has 5 nitrogen and oxygen atoms in total. The molecule has 4 aromatic rings. The number of anilines is 1. The maximum atomic E-state index is 12.4. The van der Waals surface area contributed by atoms with Gasteiger partial charge in [-0.25, -0.2) is 0 Å². The smallest absolute Gasteiger partial charge is 0.224 e. The molecule has 4 rings (SSSR count). The fraction of sp³-hybridized carbons (Fsp3) is 0.174. The number of carbonyl (C=O) groups excluding carboxylic acids is 1. The van der Waals surface area contributed by atoms with E-state index < -0.39 is 0 Å². The number of fused-ring (bicyclic) bond motifs is 3. The van der Waals surface area contributed by atoms with Crippen LogP contribution in [0.15, 0.2) is 69.6 Å². The maximum Gasteiger partial charge on any atom is 0.224 e. The zero-order chi connectivity index (χ0) is 20.2. The molecule has 0 bridgehead atoms. The van der Waals surface area contributed by atoms with E-state index in [1.165, 1.54) is 0 Å². The van der Waals surface area contributed by atoms with E-state index in [1.807, 2.05) is 60.7 Å². The molecule has 0 aliphatic rings. The van der Waals surface area contributed by atoms with Crippen molar-refractivity contribution in [2.75, 3.05) is 19.0 Å². The molecule has 0 fully saturated rings. The van der Waals surface area contributed by atoms with E-state index in [9.17, 15) is 4.79 Å². The molecule has 0 atom stereocenters. The van der Waals surface area contributed by atoms with Gasteiger partial charge in [0.25, 0.3) is 0 Å².